The van der Waals surface area contributed by atoms with Gasteiger partial charge in [-0.05, 0) is 24.5 Å². The summed E-state index contributed by atoms with van der Waals surface area (Å²) >= 11 is 0. The molecule has 0 radical (unpaired) electrons. The molecule has 0 spiro atoms. The van der Waals surface area contributed by atoms with Crippen molar-refractivity contribution in [3.63, 3.8) is 0 Å². The predicted octanol–water partition coefficient (Wildman–Crippen LogP) is 4.60. The summed E-state index contributed by atoms with van der Waals surface area (Å²) in [6.07, 6.45) is 4.23. The Morgan fingerprint density at radius 2 is 2.00 bits per heavy atom. The van der Waals surface area contributed by atoms with Gasteiger partial charge in [-0.2, -0.15) is 0 Å². The first-order chi connectivity index (χ1) is 9.50. The van der Waals surface area contributed by atoms with Crippen LogP contribution < -0.4 is 0 Å². The van der Waals surface area contributed by atoms with E-state index in [9.17, 15) is 8.78 Å². The number of hydrogen-bond acceptors (Lipinski definition) is 1. The van der Waals surface area contributed by atoms with Crippen molar-refractivity contribution in [2.45, 2.75) is 32.1 Å². The average molecular weight is 271 g/mol. The van der Waals surface area contributed by atoms with E-state index in [1.165, 1.54) is 0 Å². The van der Waals surface area contributed by atoms with E-state index in [1.54, 1.807) is 0 Å². The smallest absolute Gasteiger partial charge is 0.252 e. The third-order valence-corrected chi connectivity index (χ3v) is 4.69. The van der Waals surface area contributed by atoms with E-state index in [0.717, 1.165) is 28.1 Å². The standard InChI is InChI=1S/C17H15F2N/c1-16-8-6-11-4-2-3-5-12(11)15(16)20-14-7-9-17(18,19)10-13(14)16/h2-6,8H,7,9-10H2,1H3/t16-/m0/s1. The Hall–Kier alpha value is -1.77. The molecule has 0 amide bonds. The fraction of sp³-hybridized carbons (Fsp3) is 0.353. The second-order valence-corrected chi connectivity index (χ2v) is 6.04. The molecule has 1 atom stereocenters. The monoisotopic (exact) mass is 271 g/mol. The largest absolute Gasteiger partial charge is 0.256 e. The van der Waals surface area contributed by atoms with Crippen molar-refractivity contribution in [2.24, 2.45) is 10.4 Å². The van der Waals surface area contributed by atoms with Gasteiger partial charge in [0.1, 0.15) is 0 Å². The molecule has 0 saturated carbocycles. The quantitative estimate of drug-likeness (QED) is 0.654. The van der Waals surface area contributed by atoms with Gasteiger partial charge < -0.3 is 0 Å². The summed E-state index contributed by atoms with van der Waals surface area (Å²) in [4.78, 5) is 4.72. The topological polar surface area (TPSA) is 12.4 Å². The van der Waals surface area contributed by atoms with Gasteiger partial charge >= 0.3 is 0 Å². The predicted molar refractivity (Wildman–Crippen MR) is 75.9 cm³/mol. The molecule has 1 heterocycles. The van der Waals surface area contributed by atoms with Crippen LogP contribution in [-0.4, -0.2) is 11.6 Å². The van der Waals surface area contributed by atoms with Gasteiger partial charge in [0.2, 0.25) is 0 Å². The molecule has 1 nitrogen and oxygen atoms in total. The lowest BCUT2D eigenvalue weighted by Crippen LogP contribution is -2.32. The molecule has 0 fully saturated rings. The summed E-state index contributed by atoms with van der Waals surface area (Å²) in [7, 11) is 0. The van der Waals surface area contributed by atoms with Crippen LogP contribution in [-0.2, 0) is 0 Å². The molecule has 3 heteroatoms. The Kier molecular flexibility index (Phi) is 2.20. The van der Waals surface area contributed by atoms with Gasteiger partial charge in [0, 0.05) is 24.1 Å². The highest BCUT2D eigenvalue weighted by Gasteiger charge is 2.48. The van der Waals surface area contributed by atoms with Crippen LogP contribution in [0.3, 0.4) is 0 Å². The van der Waals surface area contributed by atoms with Crippen molar-refractivity contribution in [1.82, 2.24) is 0 Å². The Bertz CT molecular complexity index is 697. The highest BCUT2D eigenvalue weighted by Crippen LogP contribution is 2.52. The van der Waals surface area contributed by atoms with Gasteiger partial charge in [0.25, 0.3) is 5.92 Å². The minimum Gasteiger partial charge on any atom is -0.256 e. The Balaban J connectivity index is 1.87. The van der Waals surface area contributed by atoms with Crippen molar-refractivity contribution in [3.05, 3.63) is 52.7 Å². The van der Waals surface area contributed by atoms with Gasteiger partial charge in [-0.1, -0.05) is 36.4 Å². The molecule has 102 valence electrons. The molecular weight excluding hydrogens is 256 g/mol. The highest BCUT2D eigenvalue weighted by molar-refractivity contribution is 6.14. The molecule has 20 heavy (non-hydrogen) atoms. The molecule has 0 N–H and O–H groups in total. The minimum absolute atomic E-state index is 0.0793. The van der Waals surface area contributed by atoms with Crippen molar-refractivity contribution in [1.29, 1.82) is 0 Å². The lowest BCUT2D eigenvalue weighted by molar-refractivity contribution is -0.0142. The molecule has 0 aromatic heterocycles. The highest BCUT2D eigenvalue weighted by atomic mass is 19.3. The molecule has 0 unspecified atom stereocenters. The zero-order valence-electron chi connectivity index (χ0n) is 11.3. The average Bonchev–Trinajstić information content (AvgIpc) is 2.71. The summed E-state index contributed by atoms with van der Waals surface area (Å²) < 4.78 is 27.5. The van der Waals surface area contributed by atoms with Crippen molar-refractivity contribution < 1.29 is 8.78 Å². The van der Waals surface area contributed by atoms with Crippen LogP contribution in [0.2, 0.25) is 0 Å². The number of fused-ring (bicyclic) bond motifs is 4. The van der Waals surface area contributed by atoms with Crippen molar-refractivity contribution in [2.75, 3.05) is 0 Å². The van der Waals surface area contributed by atoms with Crippen LogP contribution in [0.25, 0.3) is 6.08 Å². The number of benzene rings is 1. The zero-order chi connectivity index (χ0) is 14.0. The fourth-order valence-electron chi connectivity index (χ4n) is 3.54. The Morgan fingerprint density at radius 1 is 1.20 bits per heavy atom. The molecule has 1 aromatic carbocycles. The lowest BCUT2D eigenvalue weighted by atomic mass is 9.69. The first-order valence-electron chi connectivity index (χ1n) is 6.98. The minimum atomic E-state index is -2.59. The van der Waals surface area contributed by atoms with E-state index in [4.69, 9.17) is 4.99 Å². The maximum Gasteiger partial charge on any atom is 0.252 e. The number of aliphatic imine (C=N–C) groups is 1. The number of alkyl halides is 2. The van der Waals surface area contributed by atoms with Crippen molar-refractivity contribution in [3.8, 4) is 0 Å². The Labute approximate surface area is 116 Å². The van der Waals surface area contributed by atoms with E-state index in [0.29, 0.717) is 6.42 Å². The van der Waals surface area contributed by atoms with Crippen molar-refractivity contribution >= 4 is 11.8 Å². The second-order valence-electron chi connectivity index (χ2n) is 6.04. The molecule has 4 rings (SSSR count). The first kappa shape index (κ1) is 12.0. The summed E-state index contributed by atoms with van der Waals surface area (Å²) in [5.74, 6) is -2.59. The summed E-state index contributed by atoms with van der Waals surface area (Å²) in [6, 6.07) is 8.04. The van der Waals surface area contributed by atoms with Crippen LogP contribution in [0, 0.1) is 5.41 Å². The lowest BCUT2D eigenvalue weighted by Gasteiger charge is -2.34. The zero-order valence-corrected chi connectivity index (χ0v) is 11.3. The number of halogens is 2. The number of allylic oxidation sites excluding steroid dienone is 3. The second kappa shape index (κ2) is 3.66. The van der Waals surface area contributed by atoms with Crippen LogP contribution in [0.5, 0.6) is 0 Å². The third-order valence-electron chi connectivity index (χ3n) is 4.69. The van der Waals surface area contributed by atoms with E-state index < -0.39 is 11.3 Å². The van der Waals surface area contributed by atoms with E-state index in [-0.39, 0.29) is 12.8 Å². The molecule has 3 aliphatic rings. The van der Waals surface area contributed by atoms with E-state index >= 15 is 0 Å². The number of rotatable bonds is 0. The SMILES string of the molecule is C[C@@]12C=Cc3ccccc3C1=NC1=C2CC(F)(F)CC1. The number of nitrogens with zero attached hydrogens (tertiary/aromatic N) is 1. The Morgan fingerprint density at radius 3 is 2.85 bits per heavy atom. The van der Waals surface area contributed by atoms with Gasteiger partial charge in [-0.15, -0.1) is 0 Å². The van der Waals surface area contributed by atoms with Crippen LogP contribution in [0.15, 0.2) is 46.6 Å². The molecule has 1 aliphatic heterocycles. The van der Waals surface area contributed by atoms with Crippen LogP contribution in [0.1, 0.15) is 37.3 Å². The molecule has 0 saturated heterocycles. The fourth-order valence-corrected chi connectivity index (χ4v) is 3.54. The third kappa shape index (κ3) is 1.49. The summed E-state index contributed by atoms with van der Waals surface area (Å²) in [6.45, 7) is 2.02. The maximum atomic E-state index is 13.8. The molecule has 1 aromatic rings. The normalized spacial score (nSPS) is 29.6. The first-order valence-corrected chi connectivity index (χ1v) is 6.98. The van der Waals surface area contributed by atoms with Gasteiger partial charge in [-0.25, -0.2) is 8.78 Å². The molecule has 0 bridgehead atoms. The van der Waals surface area contributed by atoms with Gasteiger partial charge in [0.15, 0.2) is 0 Å². The molecule has 2 aliphatic carbocycles. The van der Waals surface area contributed by atoms with E-state index in [1.807, 2.05) is 43.3 Å². The van der Waals surface area contributed by atoms with E-state index in [2.05, 4.69) is 0 Å². The number of hydrogen-bond donors (Lipinski definition) is 0. The summed E-state index contributed by atoms with van der Waals surface area (Å²) in [5.41, 5.74) is 4.39. The van der Waals surface area contributed by atoms with Gasteiger partial charge in [-0.3, -0.25) is 4.99 Å². The summed E-state index contributed by atoms with van der Waals surface area (Å²) in [5, 5.41) is 0. The maximum absolute atomic E-state index is 13.8. The van der Waals surface area contributed by atoms with Crippen LogP contribution >= 0.6 is 0 Å². The van der Waals surface area contributed by atoms with Crippen LogP contribution in [0.4, 0.5) is 8.78 Å². The molecular formula is C17H15F2N. The van der Waals surface area contributed by atoms with Gasteiger partial charge in [0.05, 0.1) is 11.1 Å².